The fraction of sp³-hybridized carbons (Fsp3) is 0.800. The maximum Gasteiger partial charge on any atom is 0.303 e. The van der Waals surface area contributed by atoms with Crippen molar-refractivity contribution in [3.8, 4) is 0 Å². The van der Waals surface area contributed by atoms with Crippen LogP contribution in [0.4, 0.5) is 0 Å². The van der Waals surface area contributed by atoms with Crippen LogP contribution >= 0.6 is 31.9 Å². The van der Waals surface area contributed by atoms with Gasteiger partial charge in [-0.15, -0.1) is 0 Å². The Morgan fingerprint density at radius 3 is 2.11 bits per heavy atom. The lowest BCUT2D eigenvalue weighted by molar-refractivity contribution is -0.141. The fourth-order valence-corrected chi connectivity index (χ4v) is 0.623. The largest absolute Gasteiger partial charge is 0.450 e. The van der Waals surface area contributed by atoms with Crippen molar-refractivity contribution in [3.63, 3.8) is 0 Å². The van der Waals surface area contributed by atoms with Crippen LogP contribution in [-0.4, -0.2) is 15.8 Å². The van der Waals surface area contributed by atoms with E-state index in [1.165, 1.54) is 6.92 Å². The van der Waals surface area contributed by atoms with Crippen molar-refractivity contribution in [2.24, 2.45) is 0 Å². The summed E-state index contributed by atoms with van der Waals surface area (Å²) in [4.78, 5) is 10.4. The number of ether oxygens (including phenoxy) is 1. The molecule has 0 radical (unpaired) electrons. The highest BCUT2D eigenvalue weighted by Gasteiger charge is 2.12. The number of alkyl halides is 2. The van der Waals surface area contributed by atoms with Crippen LogP contribution in [0.3, 0.4) is 0 Å². The minimum absolute atomic E-state index is 0.140. The Labute approximate surface area is 71.2 Å². The Hall–Kier alpha value is 0.430. The van der Waals surface area contributed by atoms with Gasteiger partial charge < -0.3 is 4.74 Å². The third-order valence-corrected chi connectivity index (χ3v) is 2.81. The van der Waals surface area contributed by atoms with Crippen molar-refractivity contribution in [1.82, 2.24) is 0 Å². The first-order valence-electron chi connectivity index (χ1n) is 2.49. The number of carbonyl (C=O) groups is 1. The van der Waals surface area contributed by atoms with Gasteiger partial charge in [0.05, 0.1) is 4.83 Å². The first-order valence-corrected chi connectivity index (χ1v) is 4.32. The summed E-state index contributed by atoms with van der Waals surface area (Å²) in [5, 5.41) is -0.227. The van der Waals surface area contributed by atoms with Gasteiger partial charge in [0, 0.05) is 6.92 Å². The number of hydrogen-bond acceptors (Lipinski definition) is 2. The van der Waals surface area contributed by atoms with Crippen molar-refractivity contribution < 1.29 is 9.53 Å². The van der Waals surface area contributed by atoms with Gasteiger partial charge in [0.15, 0.2) is 5.01 Å². The predicted octanol–water partition coefficient (Wildman–Crippen LogP) is 2.05. The smallest absolute Gasteiger partial charge is 0.303 e. The topological polar surface area (TPSA) is 26.3 Å². The van der Waals surface area contributed by atoms with Gasteiger partial charge in [-0.3, -0.25) is 4.79 Å². The van der Waals surface area contributed by atoms with Crippen molar-refractivity contribution in [1.29, 1.82) is 0 Å². The Morgan fingerprint density at radius 1 is 1.56 bits per heavy atom. The first kappa shape index (κ1) is 9.43. The molecule has 54 valence electrons. The molecule has 0 aromatic heterocycles. The Kier molecular flexibility index (Phi) is 4.48. The maximum atomic E-state index is 10.3. The van der Waals surface area contributed by atoms with Crippen molar-refractivity contribution >= 4 is 37.8 Å². The molecule has 0 saturated heterocycles. The number of esters is 1. The lowest BCUT2D eigenvalue weighted by Gasteiger charge is -2.10. The van der Waals surface area contributed by atoms with Gasteiger partial charge in [-0.25, -0.2) is 0 Å². The minimum atomic E-state index is -0.275. The van der Waals surface area contributed by atoms with E-state index in [0.29, 0.717) is 0 Å². The number of hydrogen-bond donors (Lipinski definition) is 0. The van der Waals surface area contributed by atoms with Gasteiger partial charge in [0.25, 0.3) is 0 Å². The van der Waals surface area contributed by atoms with Crippen LogP contribution in [0.15, 0.2) is 0 Å². The highest BCUT2D eigenvalue weighted by molar-refractivity contribution is 9.12. The number of rotatable bonds is 2. The quantitative estimate of drug-likeness (QED) is 0.561. The van der Waals surface area contributed by atoms with Gasteiger partial charge in [-0.1, -0.05) is 15.9 Å². The standard InChI is InChI=1S/C5H8Br2O2/c1-3(6)5(7)9-4(2)8/h3,5H,1-2H3. The van der Waals surface area contributed by atoms with E-state index in [0.717, 1.165) is 0 Å². The first-order chi connectivity index (χ1) is 4.04. The van der Waals surface area contributed by atoms with E-state index >= 15 is 0 Å². The summed E-state index contributed by atoms with van der Waals surface area (Å²) in [6.45, 7) is 3.27. The molecule has 0 aromatic rings. The van der Waals surface area contributed by atoms with Crippen LogP contribution in [0.25, 0.3) is 0 Å². The fourth-order valence-electron chi connectivity index (χ4n) is 0.252. The summed E-state index contributed by atoms with van der Waals surface area (Å²) in [5.41, 5.74) is 0. The molecule has 4 heteroatoms. The van der Waals surface area contributed by atoms with Crippen LogP contribution < -0.4 is 0 Å². The van der Waals surface area contributed by atoms with Crippen molar-refractivity contribution in [2.45, 2.75) is 23.7 Å². The van der Waals surface area contributed by atoms with E-state index in [4.69, 9.17) is 4.74 Å². The summed E-state index contributed by atoms with van der Waals surface area (Å²) in [6, 6.07) is 0. The monoisotopic (exact) mass is 258 g/mol. The Bertz CT molecular complexity index is 103. The lowest BCUT2D eigenvalue weighted by Crippen LogP contribution is -2.16. The van der Waals surface area contributed by atoms with E-state index < -0.39 is 0 Å². The van der Waals surface area contributed by atoms with Crippen LogP contribution in [0, 0.1) is 0 Å². The van der Waals surface area contributed by atoms with Gasteiger partial charge in [-0.05, 0) is 22.9 Å². The van der Waals surface area contributed by atoms with E-state index in [2.05, 4.69) is 31.9 Å². The van der Waals surface area contributed by atoms with Gasteiger partial charge in [0.2, 0.25) is 0 Å². The molecule has 0 spiro atoms. The van der Waals surface area contributed by atoms with Gasteiger partial charge in [-0.2, -0.15) is 0 Å². The highest BCUT2D eigenvalue weighted by Crippen LogP contribution is 2.14. The molecule has 0 fully saturated rings. The molecule has 0 aliphatic carbocycles. The van der Waals surface area contributed by atoms with Crippen LogP contribution in [0.5, 0.6) is 0 Å². The zero-order chi connectivity index (χ0) is 7.44. The highest BCUT2D eigenvalue weighted by atomic mass is 79.9. The lowest BCUT2D eigenvalue weighted by atomic mass is 10.5. The molecule has 0 aromatic carbocycles. The molecule has 0 bridgehead atoms. The second-order valence-corrected chi connectivity index (χ2v) is 3.98. The average Bonchev–Trinajstić information content (AvgIpc) is 1.63. The van der Waals surface area contributed by atoms with E-state index in [1.54, 1.807) is 0 Å². The second kappa shape index (κ2) is 4.28. The zero-order valence-electron chi connectivity index (χ0n) is 5.23. The summed E-state index contributed by atoms with van der Waals surface area (Å²) in [6.07, 6.45) is 0. The molecule has 0 saturated carbocycles. The van der Waals surface area contributed by atoms with Crippen molar-refractivity contribution in [3.05, 3.63) is 0 Å². The van der Waals surface area contributed by atoms with E-state index in [1.807, 2.05) is 6.92 Å². The van der Waals surface area contributed by atoms with E-state index in [-0.39, 0.29) is 15.8 Å². The summed E-state index contributed by atoms with van der Waals surface area (Å²) in [5.74, 6) is -0.275. The summed E-state index contributed by atoms with van der Waals surface area (Å²) >= 11 is 6.40. The molecular weight excluding hydrogens is 252 g/mol. The molecule has 2 unspecified atom stereocenters. The summed E-state index contributed by atoms with van der Waals surface area (Å²) in [7, 11) is 0. The van der Waals surface area contributed by atoms with Crippen LogP contribution in [-0.2, 0) is 9.53 Å². The third kappa shape index (κ3) is 4.90. The molecule has 0 aliphatic heterocycles. The van der Waals surface area contributed by atoms with Crippen molar-refractivity contribution in [2.75, 3.05) is 0 Å². The average molecular weight is 260 g/mol. The molecule has 0 N–H and O–H groups in total. The Balaban J connectivity index is 3.50. The SMILES string of the molecule is CC(=O)OC(Br)C(C)Br. The Morgan fingerprint density at radius 2 is 2.00 bits per heavy atom. The molecule has 9 heavy (non-hydrogen) atoms. The maximum absolute atomic E-state index is 10.3. The van der Waals surface area contributed by atoms with Crippen LogP contribution in [0.2, 0.25) is 0 Å². The normalized spacial score (nSPS) is 16.4. The molecule has 0 heterocycles. The predicted molar refractivity (Wildman–Crippen MR) is 42.9 cm³/mol. The number of halogens is 2. The zero-order valence-corrected chi connectivity index (χ0v) is 8.40. The van der Waals surface area contributed by atoms with Gasteiger partial charge in [0.1, 0.15) is 0 Å². The van der Waals surface area contributed by atoms with Gasteiger partial charge >= 0.3 is 5.97 Å². The molecule has 0 aliphatic rings. The molecule has 0 amide bonds. The van der Waals surface area contributed by atoms with E-state index in [9.17, 15) is 4.79 Å². The molecule has 2 atom stereocenters. The molecular formula is C5H8Br2O2. The number of carbonyl (C=O) groups excluding carboxylic acids is 1. The minimum Gasteiger partial charge on any atom is -0.450 e. The second-order valence-electron chi connectivity index (χ2n) is 1.64. The molecule has 0 rings (SSSR count). The summed E-state index contributed by atoms with van der Waals surface area (Å²) < 4.78 is 4.74. The third-order valence-electron chi connectivity index (χ3n) is 0.640. The van der Waals surface area contributed by atoms with Crippen LogP contribution in [0.1, 0.15) is 13.8 Å². The molecule has 2 nitrogen and oxygen atoms in total.